The van der Waals surface area contributed by atoms with Gasteiger partial charge in [0.1, 0.15) is 23.0 Å². The van der Waals surface area contributed by atoms with Crippen LogP contribution in [0.2, 0.25) is 0 Å². The van der Waals surface area contributed by atoms with Gasteiger partial charge in [-0.1, -0.05) is 0 Å². The molecule has 0 saturated heterocycles. The van der Waals surface area contributed by atoms with Gasteiger partial charge in [-0.05, 0) is 76.6 Å². The van der Waals surface area contributed by atoms with E-state index in [0.29, 0.717) is 28.7 Å². The van der Waals surface area contributed by atoms with E-state index < -0.39 is 7.12 Å². The number of pyridine rings is 2. The van der Waals surface area contributed by atoms with Crippen molar-refractivity contribution in [2.75, 3.05) is 11.5 Å². The largest absolute Gasteiger partial charge is 0.507 e. The van der Waals surface area contributed by atoms with E-state index >= 15 is 0 Å². The summed E-state index contributed by atoms with van der Waals surface area (Å²) in [5.41, 5.74) is 14.5. The molecule has 6 rings (SSSR count). The van der Waals surface area contributed by atoms with Crippen LogP contribution in [0.3, 0.4) is 0 Å². The van der Waals surface area contributed by atoms with E-state index in [0.717, 1.165) is 27.2 Å². The third kappa shape index (κ3) is 7.25. The number of anilines is 2. The second-order valence-electron chi connectivity index (χ2n) is 8.32. The number of furan rings is 2. The van der Waals surface area contributed by atoms with Crippen molar-refractivity contribution in [1.29, 1.82) is 0 Å². The fourth-order valence-electron chi connectivity index (χ4n) is 3.49. The van der Waals surface area contributed by atoms with Crippen LogP contribution in [0.15, 0.2) is 98.9 Å². The van der Waals surface area contributed by atoms with Crippen molar-refractivity contribution in [2.24, 2.45) is 14.1 Å². The predicted molar refractivity (Wildman–Crippen MR) is 156 cm³/mol. The summed E-state index contributed by atoms with van der Waals surface area (Å²) in [5.74, 6) is 2.41. The molecule has 0 unspecified atom stereocenters. The Morgan fingerprint density at radius 1 is 0.775 bits per heavy atom. The SMILES string of the molecule is Cn1nc(-c2ccco2)cc1-c1ccc(N)nc1.Cn1nc(-c2ccco2)cc1B(O)O.Nc1ccc(Br)cn1. The Morgan fingerprint density at radius 2 is 1.35 bits per heavy atom. The maximum Gasteiger partial charge on any atom is 0.507 e. The zero-order valence-electron chi connectivity index (χ0n) is 21.6. The van der Waals surface area contributed by atoms with E-state index in [-0.39, 0.29) is 0 Å². The topological polar surface area (TPSA) is 180 Å². The summed E-state index contributed by atoms with van der Waals surface area (Å²) in [4.78, 5) is 7.89. The lowest BCUT2D eigenvalue weighted by molar-refractivity contribution is 0.421. The second kappa shape index (κ2) is 12.9. The van der Waals surface area contributed by atoms with Crippen molar-refractivity contribution in [3.8, 4) is 34.2 Å². The Balaban J connectivity index is 0.000000149. The number of halogens is 1. The van der Waals surface area contributed by atoms with Gasteiger partial charge in [0.15, 0.2) is 11.5 Å². The molecule has 40 heavy (non-hydrogen) atoms. The number of nitrogens with two attached hydrogens (primary N) is 2. The first-order chi connectivity index (χ1) is 19.2. The first kappa shape index (κ1) is 28.4. The van der Waals surface area contributed by atoms with Gasteiger partial charge in [0.25, 0.3) is 0 Å². The first-order valence-electron chi connectivity index (χ1n) is 11.8. The van der Waals surface area contributed by atoms with Gasteiger partial charge in [-0.3, -0.25) is 9.36 Å². The van der Waals surface area contributed by atoms with Crippen molar-refractivity contribution < 1.29 is 18.9 Å². The molecule has 6 heterocycles. The highest BCUT2D eigenvalue weighted by Crippen LogP contribution is 2.25. The van der Waals surface area contributed by atoms with Crippen LogP contribution in [0.4, 0.5) is 11.6 Å². The highest BCUT2D eigenvalue weighted by molar-refractivity contribution is 9.10. The minimum Gasteiger partial charge on any atom is -0.463 e. The molecule has 6 aromatic rings. The average Bonchev–Trinajstić information content (AvgIpc) is 3.74. The minimum atomic E-state index is -1.52. The van der Waals surface area contributed by atoms with Crippen LogP contribution in [0, 0.1) is 0 Å². The molecule has 0 spiro atoms. The molecule has 0 amide bonds. The summed E-state index contributed by atoms with van der Waals surface area (Å²) in [6.07, 6.45) is 6.57. The van der Waals surface area contributed by atoms with Crippen LogP contribution >= 0.6 is 15.9 Å². The fourth-order valence-corrected chi connectivity index (χ4v) is 3.73. The number of aromatic nitrogens is 6. The predicted octanol–water partition coefficient (Wildman–Crippen LogP) is 3.11. The number of nitrogen functional groups attached to an aromatic ring is 2. The van der Waals surface area contributed by atoms with E-state index in [2.05, 4.69) is 36.1 Å². The van der Waals surface area contributed by atoms with Crippen LogP contribution < -0.4 is 17.1 Å². The number of aryl methyl sites for hydroxylation is 2. The van der Waals surface area contributed by atoms with Gasteiger partial charge in [-0.25, -0.2) is 9.97 Å². The lowest BCUT2D eigenvalue weighted by Gasteiger charge is -2.00. The van der Waals surface area contributed by atoms with Crippen LogP contribution in [0.5, 0.6) is 0 Å². The monoisotopic (exact) mass is 604 g/mol. The molecule has 12 nitrogen and oxygen atoms in total. The van der Waals surface area contributed by atoms with Gasteiger partial charge in [0.2, 0.25) is 0 Å². The van der Waals surface area contributed by atoms with Crippen molar-refractivity contribution in [3.05, 3.63) is 90.1 Å². The number of hydrogen-bond acceptors (Lipinski definition) is 10. The molecule has 204 valence electrons. The Hall–Kier alpha value is -4.66. The summed E-state index contributed by atoms with van der Waals surface area (Å²) in [5, 5.41) is 26.5. The molecule has 0 saturated carbocycles. The highest BCUT2D eigenvalue weighted by Gasteiger charge is 2.19. The van der Waals surface area contributed by atoms with Crippen molar-refractivity contribution in [3.63, 3.8) is 0 Å². The number of rotatable bonds is 4. The van der Waals surface area contributed by atoms with E-state index in [1.54, 1.807) is 67.0 Å². The molecular weight excluding hydrogens is 579 g/mol. The Morgan fingerprint density at radius 3 is 1.80 bits per heavy atom. The standard InChI is InChI=1S/C13H12N4O.C8H9BN2O3.C5H5BrN2/c1-17-11(9-4-5-13(14)15-8-9)7-10(16-17)12-3-2-6-18-12;1-11-8(9(12)13)5-6(10-11)7-3-2-4-14-7;6-4-1-2-5(7)8-3-4/h2-8H,1H3,(H2,14,15);2-5,12-13H,1H3;1-3H,(H2,7,8). The van der Waals surface area contributed by atoms with Crippen molar-refractivity contribution in [2.45, 2.75) is 0 Å². The minimum absolute atomic E-state index is 0.330. The molecule has 0 bridgehead atoms. The summed E-state index contributed by atoms with van der Waals surface area (Å²) in [7, 11) is 2.01. The van der Waals surface area contributed by atoms with Gasteiger partial charge < -0.3 is 30.3 Å². The van der Waals surface area contributed by atoms with Gasteiger partial charge in [-0.2, -0.15) is 10.2 Å². The van der Waals surface area contributed by atoms with E-state index in [9.17, 15) is 0 Å². The van der Waals surface area contributed by atoms with Gasteiger partial charge >= 0.3 is 7.12 Å². The molecular formula is C26H26BBrN8O4. The average molecular weight is 605 g/mol. The molecule has 6 aromatic heterocycles. The molecule has 0 aliphatic rings. The fraction of sp³-hybridized carbons (Fsp3) is 0.0769. The lowest BCUT2D eigenvalue weighted by atomic mass is 9.86. The maximum atomic E-state index is 8.98. The summed E-state index contributed by atoms with van der Waals surface area (Å²) in [6, 6.07) is 18.1. The molecule has 6 N–H and O–H groups in total. The smallest absolute Gasteiger partial charge is 0.463 e. The van der Waals surface area contributed by atoms with Gasteiger partial charge in [-0.15, -0.1) is 0 Å². The third-order valence-corrected chi connectivity index (χ3v) is 5.91. The molecule has 0 aliphatic carbocycles. The molecule has 0 aliphatic heterocycles. The maximum absolute atomic E-state index is 8.98. The highest BCUT2D eigenvalue weighted by atomic mass is 79.9. The summed E-state index contributed by atoms with van der Waals surface area (Å²) in [6.45, 7) is 0. The van der Waals surface area contributed by atoms with E-state index in [4.69, 9.17) is 30.3 Å². The molecule has 0 fully saturated rings. The first-order valence-corrected chi connectivity index (χ1v) is 12.6. The zero-order chi connectivity index (χ0) is 28.6. The van der Waals surface area contributed by atoms with Crippen LogP contribution in [-0.2, 0) is 14.1 Å². The number of nitrogens with zero attached hydrogens (tertiary/aromatic N) is 6. The number of hydrogen-bond donors (Lipinski definition) is 4. The molecule has 0 aromatic carbocycles. The van der Waals surface area contributed by atoms with E-state index in [1.807, 2.05) is 37.4 Å². The summed E-state index contributed by atoms with van der Waals surface area (Å²) < 4.78 is 14.6. The van der Waals surface area contributed by atoms with E-state index in [1.165, 1.54) is 4.68 Å². The van der Waals surface area contributed by atoms with Gasteiger partial charge in [0, 0.05) is 36.5 Å². The van der Waals surface area contributed by atoms with Crippen LogP contribution in [0.25, 0.3) is 34.2 Å². The Bertz CT molecular complexity index is 1590. The molecule has 0 atom stereocenters. The van der Waals surface area contributed by atoms with Crippen molar-refractivity contribution >= 4 is 40.3 Å². The van der Waals surface area contributed by atoms with Gasteiger partial charge in [0.05, 0.1) is 23.8 Å². The quantitative estimate of drug-likeness (QED) is 0.218. The summed E-state index contributed by atoms with van der Waals surface area (Å²) >= 11 is 3.23. The van der Waals surface area contributed by atoms with Crippen molar-refractivity contribution in [1.82, 2.24) is 29.5 Å². The molecule has 0 radical (unpaired) electrons. The zero-order valence-corrected chi connectivity index (χ0v) is 23.2. The van der Waals surface area contributed by atoms with Crippen LogP contribution in [0.1, 0.15) is 0 Å². The molecule has 14 heteroatoms. The second-order valence-corrected chi connectivity index (χ2v) is 9.23. The normalized spacial score (nSPS) is 10.3. The lowest BCUT2D eigenvalue weighted by Crippen LogP contribution is -2.35. The third-order valence-electron chi connectivity index (χ3n) is 5.44. The Labute approximate surface area is 238 Å². The Kier molecular flexibility index (Phi) is 9.17. The van der Waals surface area contributed by atoms with Crippen LogP contribution in [-0.4, -0.2) is 46.7 Å².